The van der Waals surface area contributed by atoms with E-state index < -0.39 is 0 Å². The van der Waals surface area contributed by atoms with Gasteiger partial charge in [-0.15, -0.1) is 0 Å². The Balaban J connectivity index is 2.30. The van der Waals surface area contributed by atoms with Crippen LogP contribution in [0.3, 0.4) is 0 Å². The molecule has 1 unspecified atom stereocenters. The van der Waals surface area contributed by atoms with E-state index in [4.69, 9.17) is 10.5 Å². The van der Waals surface area contributed by atoms with Crippen molar-refractivity contribution in [1.82, 2.24) is 4.98 Å². The number of aromatic nitrogens is 1. The van der Waals surface area contributed by atoms with Crippen molar-refractivity contribution in [2.45, 2.75) is 39.2 Å². The zero-order valence-electron chi connectivity index (χ0n) is 10.3. The van der Waals surface area contributed by atoms with Gasteiger partial charge >= 0.3 is 0 Å². The largest absolute Gasteiger partial charge is 0.381 e. The minimum atomic E-state index is -0.0113. The van der Waals surface area contributed by atoms with E-state index >= 15 is 0 Å². The van der Waals surface area contributed by atoms with Crippen molar-refractivity contribution in [2.24, 2.45) is 5.73 Å². The van der Waals surface area contributed by atoms with Crippen LogP contribution in [0.15, 0.2) is 18.3 Å². The zero-order chi connectivity index (χ0) is 11.8. The van der Waals surface area contributed by atoms with Crippen LogP contribution in [0.25, 0.3) is 0 Å². The maximum Gasteiger partial charge on any atom is 0.0600 e. The molecule has 1 aromatic heterocycles. The first-order valence-corrected chi connectivity index (χ1v) is 6.00. The van der Waals surface area contributed by atoms with Crippen LogP contribution in [-0.4, -0.2) is 18.2 Å². The number of hydrogen-bond donors (Lipinski definition) is 1. The third kappa shape index (κ3) is 4.29. The van der Waals surface area contributed by atoms with Crippen LogP contribution in [0.5, 0.6) is 0 Å². The number of rotatable bonds is 7. The Morgan fingerprint density at radius 1 is 1.44 bits per heavy atom. The molecule has 1 aromatic rings. The van der Waals surface area contributed by atoms with Gasteiger partial charge in [-0.1, -0.05) is 19.4 Å². The van der Waals surface area contributed by atoms with Crippen LogP contribution >= 0.6 is 0 Å². The molecule has 0 aliphatic rings. The van der Waals surface area contributed by atoms with Gasteiger partial charge in [0.1, 0.15) is 0 Å². The molecular formula is C13H22N2O. The van der Waals surface area contributed by atoms with Gasteiger partial charge in [0, 0.05) is 25.5 Å². The maximum atomic E-state index is 6.07. The monoisotopic (exact) mass is 222 g/mol. The highest BCUT2D eigenvalue weighted by atomic mass is 16.5. The summed E-state index contributed by atoms with van der Waals surface area (Å²) in [6.45, 7) is 5.76. The Morgan fingerprint density at radius 3 is 2.94 bits per heavy atom. The topological polar surface area (TPSA) is 48.1 Å². The molecule has 3 heteroatoms. The summed E-state index contributed by atoms with van der Waals surface area (Å²) in [5.41, 5.74) is 8.21. The molecule has 1 rings (SSSR count). The Labute approximate surface area is 98.0 Å². The van der Waals surface area contributed by atoms with Crippen molar-refractivity contribution >= 4 is 0 Å². The Kier molecular flexibility index (Phi) is 6.04. The summed E-state index contributed by atoms with van der Waals surface area (Å²) in [6.07, 6.45) is 4.92. The van der Waals surface area contributed by atoms with Crippen LogP contribution < -0.4 is 5.73 Å². The highest BCUT2D eigenvalue weighted by molar-refractivity contribution is 5.20. The van der Waals surface area contributed by atoms with Crippen LogP contribution in [0, 0.1) is 6.92 Å². The molecule has 0 aromatic carbocycles. The zero-order valence-corrected chi connectivity index (χ0v) is 10.3. The van der Waals surface area contributed by atoms with Gasteiger partial charge in [0.15, 0.2) is 0 Å². The fourth-order valence-electron chi connectivity index (χ4n) is 1.58. The molecule has 0 aliphatic heterocycles. The van der Waals surface area contributed by atoms with Gasteiger partial charge in [-0.3, -0.25) is 4.98 Å². The Hall–Kier alpha value is -0.930. The predicted molar refractivity (Wildman–Crippen MR) is 66.2 cm³/mol. The number of aryl methyl sites for hydroxylation is 1. The number of ether oxygens (including phenoxy) is 1. The van der Waals surface area contributed by atoms with Crippen molar-refractivity contribution in [1.29, 1.82) is 0 Å². The van der Waals surface area contributed by atoms with Gasteiger partial charge in [0.05, 0.1) is 5.69 Å². The molecule has 1 heterocycles. The highest BCUT2D eigenvalue weighted by Gasteiger charge is 2.09. The van der Waals surface area contributed by atoms with Gasteiger partial charge in [-0.2, -0.15) is 0 Å². The molecule has 0 saturated carbocycles. The second kappa shape index (κ2) is 7.36. The van der Waals surface area contributed by atoms with Crippen molar-refractivity contribution in [2.75, 3.05) is 13.2 Å². The summed E-state index contributed by atoms with van der Waals surface area (Å²) in [4.78, 5) is 4.31. The number of hydrogen-bond acceptors (Lipinski definition) is 3. The van der Waals surface area contributed by atoms with Crippen molar-refractivity contribution in [3.8, 4) is 0 Å². The average Bonchev–Trinajstić information content (AvgIpc) is 2.29. The number of pyridine rings is 1. The lowest BCUT2D eigenvalue weighted by Gasteiger charge is -2.13. The van der Waals surface area contributed by atoms with E-state index in [0.717, 1.165) is 37.3 Å². The van der Waals surface area contributed by atoms with Crippen LogP contribution in [-0.2, 0) is 4.74 Å². The molecular weight excluding hydrogens is 200 g/mol. The van der Waals surface area contributed by atoms with E-state index in [1.165, 1.54) is 6.42 Å². The molecule has 0 bridgehead atoms. The molecule has 0 amide bonds. The lowest BCUT2D eigenvalue weighted by atomic mass is 10.1. The third-order valence-corrected chi connectivity index (χ3v) is 2.62. The maximum absolute atomic E-state index is 6.07. The molecule has 0 fully saturated rings. The van der Waals surface area contributed by atoms with Crippen molar-refractivity contribution in [3.05, 3.63) is 29.6 Å². The highest BCUT2D eigenvalue weighted by Crippen LogP contribution is 2.15. The smallest absolute Gasteiger partial charge is 0.0600 e. The third-order valence-electron chi connectivity index (χ3n) is 2.62. The first-order valence-electron chi connectivity index (χ1n) is 6.00. The summed E-state index contributed by atoms with van der Waals surface area (Å²) in [5, 5.41) is 0. The summed E-state index contributed by atoms with van der Waals surface area (Å²) in [6, 6.07) is 3.96. The quantitative estimate of drug-likeness (QED) is 0.721. The first kappa shape index (κ1) is 13.1. The van der Waals surface area contributed by atoms with E-state index in [2.05, 4.69) is 11.9 Å². The van der Waals surface area contributed by atoms with Gasteiger partial charge in [0.2, 0.25) is 0 Å². The van der Waals surface area contributed by atoms with E-state index in [1.54, 1.807) is 6.20 Å². The second-order valence-electron chi connectivity index (χ2n) is 4.07. The van der Waals surface area contributed by atoms with E-state index in [0.29, 0.717) is 0 Å². The Morgan fingerprint density at radius 2 is 2.25 bits per heavy atom. The van der Waals surface area contributed by atoms with Crippen molar-refractivity contribution in [3.63, 3.8) is 0 Å². The number of nitrogens with two attached hydrogens (primary N) is 1. The average molecular weight is 222 g/mol. The molecule has 0 aliphatic carbocycles. The van der Waals surface area contributed by atoms with Gasteiger partial charge in [-0.25, -0.2) is 0 Å². The lowest BCUT2D eigenvalue weighted by Crippen LogP contribution is -2.16. The molecule has 0 spiro atoms. The van der Waals surface area contributed by atoms with E-state index in [-0.39, 0.29) is 6.04 Å². The minimum Gasteiger partial charge on any atom is -0.381 e. The van der Waals surface area contributed by atoms with Gasteiger partial charge in [-0.05, 0) is 31.4 Å². The Bertz CT molecular complexity index is 302. The SMILES string of the molecule is CCCCOCCC(N)c1ncccc1C. The fourth-order valence-corrected chi connectivity index (χ4v) is 1.58. The standard InChI is InChI=1S/C13H22N2O/c1-3-4-9-16-10-7-12(14)13-11(2)6-5-8-15-13/h5-6,8,12H,3-4,7,9-10,14H2,1-2H3. The van der Waals surface area contributed by atoms with Crippen LogP contribution in [0.1, 0.15) is 43.5 Å². The molecule has 2 N–H and O–H groups in total. The van der Waals surface area contributed by atoms with E-state index in [1.807, 2.05) is 19.1 Å². The molecule has 0 radical (unpaired) electrons. The molecule has 16 heavy (non-hydrogen) atoms. The summed E-state index contributed by atoms with van der Waals surface area (Å²) in [5.74, 6) is 0. The molecule has 3 nitrogen and oxygen atoms in total. The van der Waals surface area contributed by atoms with E-state index in [9.17, 15) is 0 Å². The summed E-state index contributed by atoms with van der Waals surface area (Å²) in [7, 11) is 0. The molecule has 1 atom stereocenters. The normalized spacial score (nSPS) is 12.7. The van der Waals surface area contributed by atoms with Gasteiger partial charge in [0.25, 0.3) is 0 Å². The fraction of sp³-hybridized carbons (Fsp3) is 0.615. The lowest BCUT2D eigenvalue weighted by molar-refractivity contribution is 0.124. The predicted octanol–water partition coefficient (Wildman–Crippen LogP) is 2.60. The first-order chi connectivity index (χ1) is 7.75. The number of nitrogens with zero attached hydrogens (tertiary/aromatic N) is 1. The summed E-state index contributed by atoms with van der Waals surface area (Å²) >= 11 is 0. The van der Waals surface area contributed by atoms with Crippen LogP contribution in [0.4, 0.5) is 0 Å². The second-order valence-corrected chi connectivity index (χ2v) is 4.07. The summed E-state index contributed by atoms with van der Waals surface area (Å²) < 4.78 is 5.50. The van der Waals surface area contributed by atoms with Crippen LogP contribution in [0.2, 0.25) is 0 Å². The van der Waals surface area contributed by atoms with Crippen molar-refractivity contribution < 1.29 is 4.74 Å². The molecule has 90 valence electrons. The van der Waals surface area contributed by atoms with Gasteiger partial charge < -0.3 is 10.5 Å². The number of unbranched alkanes of at least 4 members (excludes halogenated alkanes) is 1. The minimum absolute atomic E-state index is 0.0113. The molecule has 0 saturated heterocycles.